The molecule has 7 heteroatoms. The highest BCUT2D eigenvalue weighted by Gasteiger charge is 2.26. The Labute approximate surface area is 195 Å². The molecule has 0 saturated heterocycles. The summed E-state index contributed by atoms with van der Waals surface area (Å²) in [5.41, 5.74) is 7.01. The second-order valence-corrected chi connectivity index (χ2v) is 8.84. The van der Waals surface area contributed by atoms with E-state index in [2.05, 4.69) is 37.4 Å². The summed E-state index contributed by atoms with van der Waals surface area (Å²) in [4.78, 5) is 28.9. The summed E-state index contributed by atoms with van der Waals surface area (Å²) in [5, 5.41) is 3.11. The van der Waals surface area contributed by atoms with E-state index < -0.39 is 6.16 Å². The number of aromatic nitrogens is 1. The lowest BCUT2D eigenvalue weighted by atomic mass is 9.93. The van der Waals surface area contributed by atoms with E-state index in [9.17, 15) is 9.59 Å². The van der Waals surface area contributed by atoms with Crippen molar-refractivity contribution < 1.29 is 23.8 Å². The van der Waals surface area contributed by atoms with Gasteiger partial charge in [-0.15, -0.1) is 0 Å². The van der Waals surface area contributed by atoms with E-state index in [4.69, 9.17) is 19.2 Å². The van der Waals surface area contributed by atoms with Crippen LogP contribution in [-0.4, -0.2) is 37.9 Å². The molecule has 3 rings (SSSR count). The molecular weight excluding hydrogens is 420 g/mol. The lowest BCUT2D eigenvalue weighted by Gasteiger charge is -2.20. The first-order valence-electron chi connectivity index (χ1n) is 11.4. The number of hydrogen-bond acceptors (Lipinski definition) is 6. The van der Waals surface area contributed by atoms with Gasteiger partial charge in [0.25, 0.3) is 0 Å². The zero-order valence-electron chi connectivity index (χ0n) is 20.4. The Bertz CT molecular complexity index is 1030. The monoisotopic (exact) mass is 454 g/mol. The van der Waals surface area contributed by atoms with Crippen molar-refractivity contribution in [3.63, 3.8) is 0 Å². The summed E-state index contributed by atoms with van der Waals surface area (Å²) in [7, 11) is 2.90. The summed E-state index contributed by atoms with van der Waals surface area (Å²) in [5.74, 6) is 0.702. The van der Waals surface area contributed by atoms with Crippen molar-refractivity contribution in [1.82, 2.24) is 10.3 Å². The van der Waals surface area contributed by atoms with E-state index in [-0.39, 0.29) is 17.9 Å². The first-order chi connectivity index (χ1) is 15.7. The first-order valence-corrected chi connectivity index (χ1v) is 11.4. The van der Waals surface area contributed by atoms with Crippen LogP contribution in [0.25, 0.3) is 0 Å². The van der Waals surface area contributed by atoms with Crippen molar-refractivity contribution >= 4 is 12.1 Å². The lowest BCUT2D eigenvalue weighted by molar-refractivity contribution is -0.122. The predicted octanol–water partition coefficient (Wildman–Crippen LogP) is 4.70. The molecule has 7 nitrogen and oxygen atoms in total. The largest absolute Gasteiger partial charge is 0.513 e. The maximum Gasteiger partial charge on any atom is 0.513 e. The third-order valence-corrected chi connectivity index (χ3v) is 6.19. The molecule has 1 aromatic carbocycles. The Morgan fingerprint density at radius 1 is 1.21 bits per heavy atom. The highest BCUT2D eigenvalue weighted by molar-refractivity contribution is 5.76. The summed E-state index contributed by atoms with van der Waals surface area (Å²) in [6.07, 6.45) is 2.01. The maximum absolute atomic E-state index is 12.1. The van der Waals surface area contributed by atoms with Gasteiger partial charge < -0.3 is 19.5 Å². The van der Waals surface area contributed by atoms with Gasteiger partial charge in [-0.3, -0.25) is 9.78 Å². The number of carbonyl (C=O) groups is 2. The molecule has 0 spiro atoms. The number of carbonyl (C=O) groups excluding carboxylic acids is 2. The van der Waals surface area contributed by atoms with Gasteiger partial charge >= 0.3 is 6.16 Å². The second kappa shape index (κ2) is 10.8. The van der Waals surface area contributed by atoms with Gasteiger partial charge in [0.05, 0.1) is 25.5 Å². The van der Waals surface area contributed by atoms with Crippen LogP contribution in [0.3, 0.4) is 0 Å². The van der Waals surface area contributed by atoms with Crippen molar-refractivity contribution in [3.05, 3.63) is 57.4 Å². The second-order valence-electron chi connectivity index (χ2n) is 8.84. The molecule has 0 saturated carbocycles. The number of aryl methyl sites for hydroxylation is 2. The van der Waals surface area contributed by atoms with Gasteiger partial charge in [0.15, 0.2) is 0 Å². The number of ether oxygens (including phenoxy) is 3. The highest BCUT2D eigenvalue weighted by atomic mass is 16.7. The van der Waals surface area contributed by atoms with Crippen LogP contribution in [0.4, 0.5) is 4.79 Å². The van der Waals surface area contributed by atoms with Crippen LogP contribution < -0.4 is 10.1 Å². The SMILES string of the molecule is COCCC(=O)NC1CCc2cc(Cc3c(C(C)C)nc(C)c(C)c3OC(=O)OC)ccc21. The Hall–Kier alpha value is -2.93. The van der Waals surface area contributed by atoms with Crippen molar-refractivity contribution in [2.45, 2.75) is 65.3 Å². The molecule has 1 aliphatic rings. The third kappa shape index (κ3) is 5.71. The fourth-order valence-corrected chi connectivity index (χ4v) is 4.35. The number of pyridine rings is 1. The molecule has 0 radical (unpaired) electrons. The van der Waals surface area contributed by atoms with Crippen molar-refractivity contribution in [2.24, 2.45) is 0 Å². The topological polar surface area (TPSA) is 86.8 Å². The number of methoxy groups -OCH3 is 2. The van der Waals surface area contributed by atoms with Gasteiger partial charge in [0.1, 0.15) is 5.75 Å². The molecule has 33 heavy (non-hydrogen) atoms. The van der Waals surface area contributed by atoms with Gasteiger partial charge in [-0.2, -0.15) is 0 Å². The fourth-order valence-electron chi connectivity index (χ4n) is 4.35. The Morgan fingerprint density at radius 2 is 1.97 bits per heavy atom. The minimum atomic E-state index is -0.735. The summed E-state index contributed by atoms with van der Waals surface area (Å²) >= 11 is 0. The fraction of sp³-hybridized carbons (Fsp3) is 0.500. The van der Waals surface area contributed by atoms with Crippen molar-refractivity contribution in [2.75, 3.05) is 20.8 Å². The van der Waals surface area contributed by atoms with Crippen LogP contribution >= 0.6 is 0 Å². The lowest BCUT2D eigenvalue weighted by Crippen LogP contribution is -2.27. The molecule has 1 amide bonds. The van der Waals surface area contributed by atoms with Gasteiger partial charge in [0, 0.05) is 36.8 Å². The number of nitrogens with zero attached hydrogens (tertiary/aromatic N) is 1. The van der Waals surface area contributed by atoms with E-state index in [1.165, 1.54) is 12.7 Å². The zero-order chi connectivity index (χ0) is 24.1. The molecule has 0 aliphatic heterocycles. The number of amides is 1. The van der Waals surface area contributed by atoms with Crippen LogP contribution in [0.5, 0.6) is 5.75 Å². The van der Waals surface area contributed by atoms with Gasteiger partial charge in [-0.25, -0.2) is 4.79 Å². The van der Waals surface area contributed by atoms with Crippen molar-refractivity contribution in [3.8, 4) is 5.75 Å². The molecule has 0 bridgehead atoms. The van der Waals surface area contributed by atoms with Gasteiger partial charge in [-0.1, -0.05) is 32.0 Å². The average molecular weight is 455 g/mol. The normalized spacial score (nSPS) is 14.8. The number of fused-ring (bicyclic) bond motifs is 1. The molecule has 2 aromatic rings. The first kappa shape index (κ1) is 24.7. The number of benzene rings is 1. The molecule has 0 fully saturated rings. The van der Waals surface area contributed by atoms with Crippen LogP contribution in [0.15, 0.2) is 18.2 Å². The number of rotatable bonds is 8. The molecular formula is C26H34N2O5. The number of hydrogen-bond donors (Lipinski definition) is 1. The minimum absolute atomic E-state index is 0.00570. The van der Waals surface area contributed by atoms with Crippen LogP contribution in [0.2, 0.25) is 0 Å². The van der Waals surface area contributed by atoms with Gasteiger partial charge in [-0.05, 0) is 49.3 Å². The standard InChI is InChI=1S/C26H34N2O5/c1-15(2)24-21(25(33-26(30)32-6)16(3)17(4)27-24)14-18-7-9-20-19(13-18)8-10-22(20)28-23(29)11-12-31-5/h7,9,13,15,22H,8,10-12,14H2,1-6H3,(H,28,29). The quantitative estimate of drug-likeness (QED) is 0.582. The molecule has 1 N–H and O–H groups in total. The Morgan fingerprint density at radius 3 is 2.64 bits per heavy atom. The Kier molecular flexibility index (Phi) is 8.08. The van der Waals surface area contributed by atoms with Crippen LogP contribution in [0.1, 0.15) is 77.9 Å². The van der Waals surface area contributed by atoms with E-state index in [1.54, 1.807) is 7.11 Å². The maximum atomic E-state index is 12.1. The average Bonchev–Trinajstić information content (AvgIpc) is 3.18. The van der Waals surface area contributed by atoms with Crippen LogP contribution in [0, 0.1) is 13.8 Å². The van der Waals surface area contributed by atoms with Gasteiger partial charge in [0.2, 0.25) is 5.91 Å². The van der Waals surface area contributed by atoms with E-state index >= 15 is 0 Å². The summed E-state index contributed by atoms with van der Waals surface area (Å²) < 4.78 is 15.4. The molecule has 1 heterocycles. The highest BCUT2D eigenvalue weighted by Crippen LogP contribution is 2.36. The van der Waals surface area contributed by atoms with E-state index in [0.29, 0.717) is 25.2 Å². The smallest absolute Gasteiger partial charge is 0.437 e. The molecule has 178 valence electrons. The van der Waals surface area contributed by atoms with Crippen molar-refractivity contribution in [1.29, 1.82) is 0 Å². The van der Waals surface area contributed by atoms with E-state index in [1.807, 2.05) is 13.8 Å². The third-order valence-electron chi connectivity index (χ3n) is 6.19. The number of nitrogens with one attached hydrogen (secondary N) is 1. The molecule has 1 unspecified atom stereocenters. The molecule has 1 atom stereocenters. The Balaban J connectivity index is 1.90. The zero-order valence-corrected chi connectivity index (χ0v) is 20.4. The van der Waals surface area contributed by atoms with E-state index in [0.717, 1.165) is 46.5 Å². The molecule has 1 aromatic heterocycles. The molecule has 1 aliphatic carbocycles. The summed E-state index contributed by atoms with van der Waals surface area (Å²) in [6.45, 7) is 8.42. The predicted molar refractivity (Wildman–Crippen MR) is 126 cm³/mol. The minimum Gasteiger partial charge on any atom is -0.437 e. The summed E-state index contributed by atoms with van der Waals surface area (Å²) in [6, 6.07) is 6.41. The van der Waals surface area contributed by atoms with Crippen LogP contribution in [-0.2, 0) is 27.1 Å².